The van der Waals surface area contributed by atoms with Crippen LogP contribution in [-0.4, -0.2) is 32.4 Å². The fourth-order valence-electron chi connectivity index (χ4n) is 1.64. The van der Waals surface area contributed by atoms with Crippen LogP contribution in [0.5, 0.6) is 0 Å². The van der Waals surface area contributed by atoms with Gasteiger partial charge in [0.1, 0.15) is 0 Å². The molecule has 0 amide bonds. The molecule has 0 radical (unpaired) electrons. The summed E-state index contributed by atoms with van der Waals surface area (Å²) in [7, 11) is -1.98. The smallest absolute Gasteiger partial charge is 0.243 e. The number of nitrogens with two attached hydrogens (primary N) is 1. The van der Waals surface area contributed by atoms with E-state index in [1.165, 1.54) is 10.4 Å². The first-order valence-electron chi connectivity index (χ1n) is 6.33. The maximum Gasteiger partial charge on any atom is 0.243 e. The van der Waals surface area contributed by atoms with Crippen molar-refractivity contribution in [2.75, 3.05) is 13.6 Å². The molecule has 0 aliphatic heterocycles. The molecule has 1 aromatic carbocycles. The van der Waals surface area contributed by atoms with Crippen LogP contribution in [0.4, 0.5) is 0 Å². The molecule has 0 spiro atoms. The molecular weight excluding hydrogens is 364 g/mol. The Kier molecular flexibility index (Phi) is 6.47. The Morgan fingerprint density at radius 3 is 2.50 bits per heavy atom. The van der Waals surface area contributed by atoms with Gasteiger partial charge in [-0.25, -0.2) is 12.7 Å². The van der Waals surface area contributed by atoms with Crippen molar-refractivity contribution in [1.82, 2.24) is 4.31 Å². The Balaban J connectivity index is 2.87. The molecule has 0 aromatic heterocycles. The molecule has 7 heteroatoms. The third-order valence-corrected chi connectivity index (χ3v) is 6.28. The number of benzene rings is 1. The van der Waals surface area contributed by atoms with Gasteiger partial charge in [0.25, 0.3) is 0 Å². The van der Waals surface area contributed by atoms with Gasteiger partial charge in [-0.15, -0.1) is 0 Å². The van der Waals surface area contributed by atoms with E-state index >= 15 is 0 Å². The number of hydrogen-bond acceptors (Lipinski definition) is 3. The minimum absolute atomic E-state index is 0.0127. The topological polar surface area (TPSA) is 63.4 Å². The summed E-state index contributed by atoms with van der Waals surface area (Å²) in [5, 5.41) is 0.486. The summed E-state index contributed by atoms with van der Waals surface area (Å²) in [6, 6.07) is 4.62. The van der Waals surface area contributed by atoms with E-state index < -0.39 is 10.0 Å². The lowest BCUT2D eigenvalue weighted by Crippen LogP contribution is -2.34. The molecule has 4 nitrogen and oxygen atoms in total. The monoisotopic (exact) mass is 382 g/mol. The highest BCUT2D eigenvalue weighted by Crippen LogP contribution is 2.27. The fourth-order valence-corrected chi connectivity index (χ4v) is 4.16. The summed E-state index contributed by atoms with van der Waals surface area (Å²) in [5.74, 6) is 0.327. The molecule has 0 saturated carbocycles. The number of sulfonamides is 1. The first-order valence-corrected chi connectivity index (χ1v) is 8.94. The normalized spacial score (nSPS) is 14.0. The zero-order valence-corrected chi connectivity index (χ0v) is 15.0. The van der Waals surface area contributed by atoms with Crippen LogP contribution in [0.15, 0.2) is 27.6 Å². The number of rotatable bonds is 6. The quantitative estimate of drug-likeness (QED) is 0.821. The van der Waals surface area contributed by atoms with Crippen LogP contribution in [0, 0.1) is 5.92 Å². The van der Waals surface area contributed by atoms with E-state index in [4.69, 9.17) is 17.3 Å². The molecule has 0 fully saturated rings. The van der Waals surface area contributed by atoms with E-state index in [9.17, 15) is 8.42 Å². The van der Waals surface area contributed by atoms with Gasteiger partial charge in [0.15, 0.2) is 0 Å². The van der Waals surface area contributed by atoms with E-state index in [2.05, 4.69) is 15.9 Å². The number of nitrogens with zero attached hydrogens (tertiary/aromatic N) is 1. The van der Waals surface area contributed by atoms with Crippen molar-refractivity contribution in [2.45, 2.75) is 31.2 Å². The second-order valence-corrected chi connectivity index (χ2v) is 8.40. The summed E-state index contributed by atoms with van der Waals surface area (Å²) in [4.78, 5) is 0.211. The van der Waals surface area contributed by atoms with Crippen LogP contribution in [0.2, 0.25) is 5.02 Å². The zero-order valence-electron chi connectivity index (χ0n) is 11.8. The summed E-state index contributed by atoms with van der Waals surface area (Å²) in [5.41, 5.74) is 5.95. The molecule has 20 heavy (non-hydrogen) atoms. The molecule has 0 saturated heterocycles. The molecule has 1 aromatic rings. The van der Waals surface area contributed by atoms with Crippen LogP contribution in [0.3, 0.4) is 0 Å². The average molecular weight is 384 g/mol. The van der Waals surface area contributed by atoms with Gasteiger partial charge in [-0.05, 0) is 46.5 Å². The molecule has 1 rings (SSSR count). The summed E-state index contributed by atoms with van der Waals surface area (Å²) >= 11 is 9.07. The minimum Gasteiger partial charge on any atom is -0.327 e. The summed E-state index contributed by atoms with van der Waals surface area (Å²) in [6.07, 6.45) is 0.624. The third kappa shape index (κ3) is 4.43. The van der Waals surface area contributed by atoms with Crippen molar-refractivity contribution in [3.63, 3.8) is 0 Å². The first-order chi connectivity index (χ1) is 9.16. The Hall–Kier alpha value is -0.140. The lowest BCUT2D eigenvalue weighted by molar-refractivity contribution is 0.397. The van der Waals surface area contributed by atoms with Crippen molar-refractivity contribution in [3.05, 3.63) is 27.7 Å². The highest BCUT2D eigenvalue weighted by atomic mass is 79.9. The van der Waals surface area contributed by atoms with Crippen molar-refractivity contribution in [3.8, 4) is 0 Å². The van der Waals surface area contributed by atoms with Gasteiger partial charge in [-0.3, -0.25) is 0 Å². The second-order valence-electron chi connectivity index (χ2n) is 5.10. The van der Waals surface area contributed by atoms with E-state index in [1.807, 2.05) is 13.8 Å². The van der Waals surface area contributed by atoms with E-state index in [0.29, 0.717) is 28.4 Å². The van der Waals surface area contributed by atoms with Crippen LogP contribution in [0.1, 0.15) is 20.3 Å². The lowest BCUT2D eigenvalue weighted by atomic mass is 10.0. The van der Waals surface area contributed by atoms with Gasteiger partial charge in [-0.1, -0.05) is 25.4 Å². The Morgan fingerprint density at radius 1 is 1.40 bits per heavy atom. The fraction of sp³-hybridized carbons (Fsp3) is 0.538. The second kappa shape index (κ2) is 7.22. The standard InChI is InChI=1S/C13H20BrClN2O2S/c1-9(2)12(16)6-7-17(3)20(18,19)13-5-4-10(15)8-11(13)14/h4-5,8-9,12H,6-7,16H2,1-3H3. The van der Waals surface area contributed by atoms with Crippen molar-refractivity contribution in [2.24, 2.45) is 11.7 Å². The van der Waals surface area contributed by atoms with Gasteiger partial charge >= 0.3 is 0 Å². The Labute approximate surface area is 134 Å². The van der Waals surface area contributed by atoms with Crippen molar-refractivity contribution < 1.29 is 8.42 Å². The van der Waals surface area contributed by atoms with E-state index in [1.54, 1.807) is 19.2 Å². The van der Waals surface area contributed by atoms with Gasteiger partial charge < -0.3 is 5.73 Å². The SMILES string of the molecule is CC(C)C(N)CCN(C)S(=O)(=O)c1ccc(Cl)cc1Br. The Morgan fingerprint density at radius 2 is 2.00 bits per heavy atom. The molecule has 2 N–H and O–H groups in total. The minimum atomic E-state index is -3.54. The Bertz CT molecular complexity index is 563. The van der Waals surface area contributed by atoms with Gasteiger partial charge in [0.05, 0.1) is 4.90 Å². The maximum absolute atomic E-state index is 12.5. The van der Waals surface area contributed by atoms with Crippen LogP contribution in [0.25, 0.3) is 0 Å². The van der Waals surface area contributed by atoms with Gasteiger partial charge in [0, 0.05) is 29.1 Å². The average Bonchev–Trinajstić information content (AvgIpc) is 2.34. The summed E-state index contributed by atoms with van der Waals surface area (Å²) < 4.78 is 26.7. The van der Waals surface area contributed by atoms with Gasteiger partial charge in [-0.2, -0.15) is 0 Å². The van der Waals surface area contributed by atoms with Gasteiger partial charge in [0.2, 0.25) is 10.0 Å². The molecule has 0 bridgehead atoms. The van der Waals surface area contributed by atoms with Crippen LogP contribution in [-0.2, 0) is 10.0 Å². The maximum atomic E-state index is 12.5. The third-order valence-electron chi connectivity index (χ3n) is 3.22. The lowest BCUT2D eigenvalue weighted by Gasteiger charge is -2.21. The summed E-state index contributed by atoms with van der Waals surface area (Å²) in [6.45, 7) is 4.43. The predicted octanol–water partition coefficient (Wildman–Crippen LogP) is 3.10. The van der Waals surface area contributed by atoms with Crippen LogP contribution < -0.4 is 5.73 Å². The number of halogens is 2. The molecular formula is C13H20BrClN2O2S. The molecule has 114 valence electrons. The first kappa shape index (κ1) is 17.9. The molecule has 1 atom stereocenters. The molecule has 1 unspecified atom stereocenters. The largest absolute Gasteiger partial charge is 0.327 e. The zero-order chi connectivity index (χ0) is 15.5. The predicted molar refractivity (Wildman–Crippen MR) is 86.4 cm³/mol. The number of hydrogen-bond donors (Lipinski definition) is 1. The molecule has 0 aliphatic rings. The molecule has 0 aliphatic carbocycles. The van der Waals surface area contributed by atoms with E-state index in [-0.39, 0.29) is 10.9 Å². The van der Waals surface area contributed by atoms with Crippen molar-refractivity contribution >= 4 is 37.6 Å². The van der Waals surface area contributed by atoms with E-state index in [0.717, 1.165) is 0 Å². The molecule has 0 heterocycles. The van der Waals surface area contributed by atoms with Crippen LogP contribution >= 0.6 is 27.5 Å². The van der Waals surface area contributed by atoms with Crippen molar-refractivity contribution in [1.29, 1.82) is 0 Å². The highest BCUT2D eigenvalue weighted by Gasteiger charge is 2.24. The highest BCUT2D eigenvalue weighted by molar-refractivity contribution is 9.10.